The van der Waals surface area contributed by atoms with Gasteiger partial charge in [-0.3, -0.25) is 0 Å². The first-order valence-corrected chi connectivity index (χ1v) is 11.0. The number of nitrogen functional groups attached to an aromatic ring is 2. The maximum absolute atomic E-state index is 10.7. The van der Waals surface area contributed by atoms with Crippen molar-refractivity contribution in [3.05, 3.63) is 46.5 Å². The molecule has 0 aliphatic carbocycles. The van der Waals surface area contributed by atoms with Gasteiger partial charge in [0.15, 0.2) is 11.5 Å². The molecule has 0 radical (unpaired) electrons. The van der Waals surface area contributed by atoms with Gasteiger partial charge in [-0.05, 0) is 32.9 Å². The molecule has 0 fully saturated rings. The highest BCUT2D eigenvalue weighted by Crippen LogP contribution is 2.39. The van der Waals surface area contributed by atoms with E-state index in [4.69, 9.17) is 26.0 Å². The average molecular weight is 459 g/mol. The van der Waals surface area contributed by atoms with Gasteiger partial charge in [-0.2, -0.15) is 0 Å². The average Bonchev–Trinajstić information content (AvgIpc) is 2.65. The number of carboxylic acid groups (broad SMARTS) is 1. The number of anilines is 2. The normalized spacial score (nSPS) is 12.0. The lowest BCUT2D eigenvalue weighted by molar-refractivity contribution is 0.0697. The highest BCUT2D eigenvalue weighted by molar-refractivity contribution is 5.94. The zero-order chi connectivity index (χ0) is 25.9. The van der Waals surface area contributed by atoms with Gasteiger partial charge in [0, 0.05) is 17.8 Å². The summed E-state index contributed by atoms with van der Waals surface area (Å²) < 4.78 is 9.89. The fourth-order valence-electron chi connectivity index (χ4n) is 3.41. The Balaban J connectivity index is 0.000000346. The van der Waals surface area contributed by atoms with Crippen LogP contribution in [0.2, 0.25) is 0 Å². The molecule has 33 heavy (non-hydrogen) atoms. The maximum Gasteiger partial charge on any atom is 0.337 e. The van der Waals surface area contributed by atoms with Crippen LogP contribution in [-0.4, -0.2) is 25.3 Å². The number of methoxy groups -OCH3 is 2. The van der Waals surface area contributed by atoms with Gasteiger partial charge >= 0.3 is 5.97 Å². The third-order valence-corrected chi connectivity index (χ3v) is 5.45. The van der Waals surface area contributed by atoms with Crippen LogP contribution in [0.3, 0.4) is 0 Å². The first-order valence-electron chi connectivity index (χ1n) is 11.0. The smallest absolute Gasteiger partial charge is 0.337 e. The number of rotatable bonds is 3. The number of benzene rings is 2. The summed E-state index contributed by atoms with van der Waals surface area (Å²) in [6.07, 6.45) is 0. The van der Waals surface area contributed by atoms with E-state index in [9.17, 15) is 4.79 Å². The molecule has 5 N–H and O–H groups in total. The molecule has 0 aliphatic heterocycles. The van der Waals surface area contributed by atoms with Gasteiger partial charge < -0.3 is 26.0 Å². The second-order valence-electron chi connectivity index (χ2n) is 11.3. The third kappa shape index (κ3) is 7.04. The lowest BCUT2D eigenvalue weighted by Gasteiger charge is -2.32. The summed E-state index contributed by atoms with van der Waals surface area (Å²) in [6.45, 7) is 20.2. The Labute approximate surface area is 199 Å². The summed E-state index contributed by atoms with van der Waals surface area (Å²) in [5, 5.41) is 8.77. The summed E-state index contributed by atoms with van der Waals surface area (Å²) in [5.74, 6) is -0.336. The van der Waals surface area contributed by atoms with Crippen LogP contribution in [0.25, 0.3) is 0 Å². The lowest BCUT2D eigenvalue weighted by atomic mass is 9.74. The van der Waals surface area contributed by atoms with Crippen molar-refractivity contribution < 1.29 is 19.4 Å². The molecule has 0 saturated heterocycles. The predicted octanol–water partition coefficient (Wildman–Crippen LogP) is 6.15. The first kappa shape index (κ1) is 28.1. The number of hydrogen-bond acceptors (Lipinski definition) is 5. The molecule has 0 amide bonds. The maximum atomic E-state index is 10.7. The third-order valence-electron chi connectivity index (χ3n) is 5.45. The molecule has 0 saturated carbocycles. The van der Waals surface area contributed by atoms with E-state index in [0.717, 1.165) is 5.69 Å². The molecular formula is C27H42N2O4. The Morgan fingerprint density at radius 2 is 1.12 bits per heavy atom. The van der Waals surface area contributed by atoms with Gasteiger partial charge in [0.25, 0.3) is 0 Å². The molecule has 0 bridgehead atoms. The predicted molar refractivity (Wildman–Crippen MR) is 138 cm³/mol. The number of hydrogen-bond donors (Lipinski definition) is 3. The number of carbonyl (C=O) groups is 1. The van der Waals surface area contributed by atoms with Crippen molar-refractivity contribution in [1.82, 2.24) is 0 Å². The minimum absolute atomic E-state index is 0.00245. The Hall–Kier alpha value is -2.89. The van der Waals surface area contributed by atoms with Gasteiger partial charge in [0.05, 0.1) is 25.5 Å². The van der Waals surface area contributed by atoms with E-state index < -0.39 is 5.97 Å². The quantitative estimate of drug-likeness (QED) is 0.476. The van der Waals surface area contributed by atoms with Crippen molar-refractivity contribution in [3.8, 4) is 11.5 Å². The van der Waals surface area contributed by atoms with Crippen molar-refractivity contribution in [3.63, 3.8) is 0 Å². The van der Waals surface area contributed by atoms with E-state index >= 15 is 0 Å². The molecule has 6 heteroatoms. The topological polar surface area (TPSA) is 108 Å². The second-order valence-corrected chi connectivity index (χ2v) is 11.3. The summed E-state index contributed by atoms with van der Waals surface area (Å²) >= 11 is 0. The molecule has 2 rings (SSSR count). The number of carboxylic acids is 1. The summed E-state index contributed by atoms with van der Waals surface area (Å²) in [6, 6.07) is 7.34. The zero-order valence-corrected chi connectivity index (χ0v) is 22.1. The van der Waals surface area contributed by atoms with E-state index in [1.165, 1.54) is 43.0 Å². The van der Waals surface area contributed by atoms with Crippen LogP contribution in [0.5, 0.6) is 11.5 Å². The fraction of sp³-hybridized carbons (Fsp3) is 0.519. The van der Waals surface area contributed by atoms with Crippen LogP contribution < -0.4 is 20.9 Å². The number of ether oxygens (including phenoxy) is 2. The van der Waals surface area contributed by atoms with Gasteiger partial charge in [-0.25, -0.2) is 4.79 Å². The van der Waals surface area contributed by atoms with Crippen molar-refractivity contribution >= 4 is 17.3 Å². The molecule has 0 aliphatic rings. The van der Waals surface area contributed by atoms with Crippen LogP contribution in [0.4, 0.5) is 11.4 Å². The van der Waals surface area contributed by atoms with Crippen molar-refractivity contribution in [2.45, 2.75) is 78.6 Å². The summed E-state index contributed by atoms with van der Waals surface area (Å²) in [5.41, 5.74) is 17.3. The summed E-state index contributed by atoms with van der Waals surface area (Å²) in [4.78, 5) is 10.7. The van der Waals surface area contributed by atoms with Gasteiger partial charge in [-0.15, -0.1) is 0 Å². The first-order chi connectivity index (χ1) is 14.8. The highest BCUT2D eigenvalue weighted by Gasteiger charge is 2.27. The van der Waals surface area contributed by atoms with Crippen LogP contribution in [0.15, 0.2) is 24.3 Å². The molecule has 0 atom stereocenters. The van der Waals surface area contributed by atoms with E-state index in [1.54, 1.807) is 0 Å². The molecule has 6 nitrogen and oxygen atoms in total. The van der Waals surface area contributed by atoms with Crippen LogP contribution >= 0.6 is 0 Å². The Kier molecular flexibility index (Phi) is 8.48. The minimum Gasteiger partial charge on any atom is -0.493 e. The SMILES string of the molecule is CC(C)(C)c1cc(C(C)(C)C)c(N)c(C(C)(C)C)c1.COc1cc(N)c(C(=O)O)cc1OC. The lowest BCUT2D eigenvalue weighted by Crippen LogP contribution is -2.23. The summed E-state index contributed by atoms with van der Waals surface area (Å²) in [7, 11) is 2.89. The fourth-order valence-corrected chi connectivity index (χ4v) is 3.41. The molecule has 0 heterocycles. The Bertz CT molecular complexity index is 956. The molecule has 0 spiro atoms. The van der Waals surface area contributed by atoms with Crippen molar-refractivity contribution in [1.29, 1.82) is 0 Å². The molecule has 2 aromatic rings. The van der Waals surface area contributed by atoms with Crippen LogP contribution in [0, 0.1) is 0 Å². The van der Waals surface area contributed by atoms with Crippen molar-refractivity contribution in [2.24, 2.45) is 0 Å². The number of aromatic carboxylic acids is 1. The van der Waals surface area contributed by atoms with E-state index in [1.807, 2.05) is 0 Å². The zero-order valence-electron chi connectivity index (χ0n) is 22.1. The van der Waals surface area contributed by atoms with Gasteiger partial charge in [0.2, 0.25) is 0 Å². The highest BCUT2D eigenvalue weighted by atomic mass is 16.5. The molecule has 2 aromatic carbocycles. The molecule has 0 unspecified atom stereocenters. The minimum atomic E-state index is -1.09. The molecule has 184 valence electrons. The Morgan fingerprint density at radius 1 is 0.727 bits per heavy atom. The molecule has 0 aromatic heterocycles. The Morgan fingerprint density at radius 3 is 1.42 bits per heavy atom. The van der Waals surface area contributed by atoms with Crippen LogP contribution in [-0.2, 0) is 16.2 Å². The van der Waals surface area contributed by atoms with Crippen LogP contribution in [0.1, 0.15) is 89.4 Å². The number of nitrogens with two attached hydrogens (primary N) is 2. The van der Waals surface area contributed by atoms with Gasteiger partial charge in [-0.1, -0.05) is 74.4 Å². The van der Waals surface area contributed by atoms with E-state index in [-0.39, 0.29) is 27.5 Å². The standard InChI is InChI=1S/C18H31N.C9H11NO4/c1-16(2,3)12-10-13(17(4,5)6)15(19)14(11-12)18(7,8)9;1-13-7-3-5(9(11)12)6(10)4-8(7)14-2/h10-11H,19H2,1-9H3;3-4H,10H2,1-2H3,(H,11,12). The largest absolute Gasteiger partial charge is 0.493 e. The van der Waals surface area contributed by atoms with Gasteiger partial charge in [0.1, 0.15) is 0 Å². The molecular weight excluding hydrogens is 416 g/mol. The van der Waals surface area contributed by atoms with E-state index in [0.29, 0.717) is 11.5 Å². The van der Waals surface area contributed by atoms with Crippen molar-refractivity contribution in [2.75, 3.05) is 25.7 Å². The second kappa shape index (κ2) is 9.94. The monoisotopic (exact) mass is 458 g/mol. The van der Waals surface area contributed by atoms with E-state index in [2.05, 4.69) is 74.4 Å².